The fraction of sp³-hybridized carbons (Fsp3) is 0.429. The molecule has 1 N–H and O–H groups in total. The first-order valence-electron chi connectivity index (χ1n) is 6.48. The third-order valence-corrected chi connectivity index (χ3v) is 5.18. The molecule has 2 rings (SSSR count). The Morgan fingerprint density at radius 1 is 1.40 bits per heavy atom. The number of rotatable bonds is 3. The topological polar surface area (TPSA) is 75.6 Å². The summed E-state index contributed by atoms with van der Waals surface area (Å²) >= 11 is 0. The van der Waals surface area contributed by atoms with Crippen LogP contribution in [0, 0.1) is 19.8 Å². The Labute approximate surface area is 119 Å². The van der Waals surface area contributed by atoms with Gasteiger partial charge < -0.3 is 0 Å². The van der Waals surface area contributed by atoms with Crippen molar-refractivity contribution in [2.75, 3.05) is 11.5 Å². The van der Waals surface area contributed by atoms with Crippen LogP contribution in [0.25, 0.3) is 0 Å². The Kier molecular flexibility index (Phi) is 4.23. The number of sulfone groups is 1. The summed E-state index contributed by atoms with van der Waals surface area (Å²) in [7, 11) is -3.04. The average molecular weight is 294 g/mol. The van der Waals surface area contributed by atoms with Gasteiger partial charge in [-0.15, -0.1) is 0 Å². The highest BCUT2D eigenvalue weighted by Gasteiger charge is 2.32. The summed E-state index contributed by atoms with van der Waals surface area (Å²) in [5.74, 6) is -0.785. The van der Waals surface area contributed by atoms with Gasteiger partial charge in [0, 0.05) is 0 Å². The molecule has 0 unspecified atom stereocenters. The second-order valence-electron chi connectivity index (χ2n) is 5.19. The molecule has 1 atom stereocenters. The molecule has 1 saturated heterocycles. The van der Waals surface area contributed by atoms with Crippen molar-refractivity contribution in [3.8, 4) is 0 Å². The number of nitrogens with zero attached hydrogens (tertiary/aromatic N) is 1. The van der Waals surface area contributed by atoms with Crippen molar-refractivity contribution in [2.24, 2.45) is 11.0 Å². The van der Waals surface area contributed by atoms with E-state index < -0.39 is 15.8 Å². The van der Waals surface area contributed by atoms with Gasteiger partial charge in [-0.2, -0.15) is 5.10 Å². The monoisotopic (exact) mass is 294 g/mol. The lowest BCUT2D eigenvalue weighted by atomic mass is 10.1. The molecule has 1 fully saturated rings. The van der Waals surface area contributed by atoms with Gasteiger partial charge in [0.2, 0.25) is 5.91 Å². The molecule has 0 aromatic heterocycles. The minimum absolute atomic E-state index is 0.0716. The molecule has 1 heterocycles. The molecule has 1 aliphatic rings. The van der Waals surface area contributed by atoms with Gasteiger partial charge in [-0.25, -0.2) is 13.8 Å². The van der Waals surface area contributed by atoms with E-state index in [0.29, 0.717) is 6.42 Å². The molecule has 5 nitrogen and oxygen atoms in total. The summed E-state index contributed by atoms with van der Waals surface area (Å²) in [6, 6.07) is 5.97. The van der Waals surface area contributed by atoms with Crippen LogP contribution in [-0.4, -0.2) is 32.0 Å². The minimum atomic E-state index is -3.04. The van der Waals surface area contributed by atoms with Gasteiger partial charge in [-0.05, 0) is 31.4 Å². The van der Waals surface area contributed by atoms with Crippen molar-refractivity contribution in [3.05, 3.63) is 34.9 Å². The zero-order valence-electron chi connectivity index (χ0n) is 11.6. The zero-order chi connectivity index (χ0) is 14.8. The molecule has 0 radical (unpaired) electrons. The molecule has 0 saturated carbocycles. The number of benzene rings is 1. The molecule has 20 heavy (non-hydrogen) atoms. The Morgan fingerprint density at radius 3 is 2.80 bits per heavy atom. The number of hydrogen-bond acceptors (Lipinski definition) is 4. The van der Waals surface area contributed by atoms with Gasteiger partial charge in [-0.3, -0.25) is 4.79 Å². The molecule has 1 amide bonds. The third kappa shape index (κ3) is 3.66. The second-order valence-corrected chi connectivity index (χ2v) is 7.42. The van der Waals surface area contributed by atoms with Crippen molar-refractivity contribution >= 4 is 22.0 Å². The van der Waals surface area contributed by atoms with E-state index in [1.165, 1.54) is 0 Å². The third-order valence-electron chi connectivity index (χ3n) is 3.42. The van der Waals surface area contributed by atoms with Crippen LogP contribution < -0.4 is 5.43 Å². The lowest BCUT2D eigenvalue weighted by Gasteiger charge is -2.05. The molecule has 0 aliphatic carbocycles. The Bertz CT molecular complexity index is 650. The summed E-state index contributed by atoms with van der Waals surface area (Å²) in [6.45, 7) is 3.95. The lowest BCUT2D eigenvalue weighted by Crippen LogP contribution is -2.27. The SMILES string of the molecule is Cc1ccc(C)c(/C=N\NC(=O)[C@H]2CCS(=O)(=O)C2)c1. The van der Waals surface area contributed by atoms with Gasteiger partial charge in [0.25, 0.3) is 0 Å². The fourth-order valence-electron chi connectivity index (χ4n) is 2.16. The van der Waals surface area contributed by atoms with E-state index in [0.717, 1.165) is 16.7 Å². The Hall–Kier alpha value is -1.69. The van der Waals surface area contributed by atoms with Crippen LogP contribution in [0.4, 0.5) is 0 Å². The number of nitrogens with one attached hydrogen (secondary N) is 1. The molecule has 1 aromatic rings. The van der Waals surface area contributed by atoms with Gasteiger partial charge in [0.1, 0.15) is 0 Å². The van der Waals surface area contributed by atoms with Gasteiger partial charge >= 0.3 is 0 Å². The van der Waals surface area contributed by atoms with Crippen LogP contribution in [0.3, 0.4) is 0 Å². The fourth-order valence-corrected chi connectivity index (χ4v) is 3.90. The number of carbonyl (C=O) groups excluding carboxylic acids is 1. The smallest absolute Gasteiger partial charge is 0.244 e. The number of aryl methyl sites for hydroxylation is 2. The number of hydrogen-bond donors (Lipinski definition) is 1. The molecular weight excluding hydrogens is 276 g/mol. The maximum Gasteiger partial charge on any atom is 0.244 e. The maximum atomic E-state index is 11.8. The van der Waals surface area contributed by atoms with E-state index in [9.17, 15) is 13.2 Å². The van der Waals surface area contributed by atoms with E-state index in [1.54, 1.807) is 6.21 Å². The summed E-state index contributed by atoms with van der Waals surface area (Å²) in [5, 5.41) is 3.92. The van der Waals surface area contributed by atoms with E-state index in [2.05, 4.69) is 10.5 Å². The van der Waals surface area contributed by atoms with E-state index in [1.807, 2.05) is 32.0 Å². The summed E-state index contributed by atoms with van der Waals surface area (Å²) < 4.78 is 22.6. The van der Waals surface area contributed by atoms with E-state index >= 15 is 0 Å². The number of amides is 1. The summed E-state index contributed by atoms with van der Waals surface area (Å²) in [6.07, 6.45) is 1.97. The van der Waals surface area contributed by atoms with Crippen molar-refractivity contribution in [1.29, 1.82) is 0 Å². The molecule has 1 aliphatic heterocycles. The van der Waals surface area contributed by atoms with Crippen LogP contribution in [0.15, 0.2) is 23.3 Å². The molecule has 0 bridgehead atoms. The largest absolute Gasteiger partial charge is 0.273 e. The van der Waals surface area contributed by atoms with Gasteiger partial charge in [0.05, 0.1) is 23.6 Å². The van der Waals surface area contributed by atoms with Gasteiger partial charge in [-0.1, -0.05) is 23.8 Å². The number of carbonyl (C=O) groups is 1. The molecule has 1 aromatic carbocycles. The quantitative estimate of drug-likeness (QED) is 0.672. The second kappa shape index (κ2) is 5.75. The molecule has 0 spiro atoms. The highest BCUT2D eigenvalue weighted by Crippen LogP contribution is 2.18. The standard InChI is InChI=1S/C14H18N2O3S/c1-10-3-4-11(2)13(7-10)8-15-16-14(17)12-5-6-20(18,19)9-12/h3-4,7-8,12H,5-6,9H2,1-2H3,(H,16,17)/b15-8-/t12-/m0/s1. The normalized spacial score (nSPS) is 21.2. The molecule has 108 valence electrons. The summed E-state index contributed by atoms with van der Waals surface area (Å²) in [5.41, 5.74) is 5.54. The Balaban J connectivity index is 1.97. The zero-order valence-corrected chi connectivity index (χ0v) is 12.4. The Morgan fingerprint density at radius 2 is 2.15 bits per heavy atom. The van der Waals surface area contributed by atoms with Crippen molar-refractivity contribution in [2.45, 2.75) is 20.3 Å². The van der Waals surface area contributed by atoms with Gasteiger partial charge in [0.15, 0.2) is 9.84 Å². The molecular formula is C14H18N2O3S. The lowest BCUT2D eigenvalue weighted by molar-refractivity contribution is -0.124. The first-order chi connectivity index (χ1) is 9.37. The predicted molar refractivity (Wildman–Crippen MR) is 78.4 cm³/mol. The maximum absolute atomic E-state index is 11.8. The average Bonchev–Trinajstić information content (AvgIpc) is 2.74. The summed E-state index contributed by atoms with van der Waals surface area (Å²) in [4.78, 5) is 11.8. The minimum Gasteiger partial charge on any atom is -0.273 e. The predicted octanol–water partition coefficient (Wildman–Crippen LogP) is 1.19. The van der Waals surface area contributed by atoms with Crippen molar-refractivity contribution < 1.29 is 13.2 Å². The van der Waals surface area contributed by atoms with Crippen LogP contribution in [0.1, 0.15) is 23.1 Å². The van der Waals surface area contributed by atoms with Crippen LogP contribution in [0.5, 0.6) is 0 Å². The number of hydrazone groups is 1. The van der Waals surface area contributed by atoms with Crippen molar-refractivity contribution in [3.63, 3.8) is 0 Å². The highest BCUT2D eigenvalue weighted by atomic mass is 32.2. The first-order valence-corrected chi connectivity index (χ1v) is 8.30. The van der Waals surface area contributed by atoms with Crippen LogP contribution in [-0.2, 0) is 14.6 Å². The van der Waals surface area contributed by atoms with Crippen LogP contribution in [0.2, 0.25) is 0 Å². The molecule has 6 heteroatoms. The van der Waals surface area contributed by atoms with Crippen LogP contribution >= 0.6 is 0 Å². The van der Waals surface area contributed by atoms with E-state index in [4.69, 9.17) is 0 Å². The first kappa shape index (κ1) is 14.7. The van der Waals surface area contributed by atoms with Crippen molar-refractivity contribution in [1.82, 2.24) is 5.43 Å². The highest BCUT2D eigenvalue weighted by molar-refractivity contribution is 7.91. The van der Waals surface area contributed by atoms with E-state index in [-0.39, 0.29) is 17.4 Å².